The van der Waals surface area contributed by atoms with Gasteiger partial charge in [0, 0.05) is 4.90 Å². The van der Waals surface area contributed by atoms with Gasteiger partial charge in [-0.15, -0.1) is 12.6 Å². The molecule has 0 N–H and O–H groups in total. The summed E-state index contributed by atoms with van der Waals surface area (Å²) in [5, 5.41) is 0. The first-order valence-electron chi connectivity index (χ1n) is 8.86. The second-order valence-electron chi connectivity index (χ2n) is 5.97. The summed E-state index contributed by atoms with van der Waals surface area (Å²) >= 11 is 4.13. The van der Waals surface area contributed by atoms with Gasteiger partial charge in [0.1, 0.15) is 0 Å². The molecule has 3 aromatic rings. The molecule has 3 aromatic carbocycles. The van der Waals surface area contributed by atoms with E-state index in [2.05, 4.69) is 82.8 Å². The number of hydrogen-bond donors (Lipinski definition) is 1. The first kappa shape index (κ1) is 21.1. The average Bonchev–Trinajstić information content (AvgIpc) is 2.63. The van der Waals surface area contributed by atoms with Gasteiger partial charge in [0.05, 0.1) is 0 Å². The number of thiol groups is 1. The Morgan fingerprint density at radius 3 is 1.64 bits per heavy atom. The van der Waals surface area contributed by atoms with Gasteiger partial charge >= 0.3 is 0 Å². The maximum Gasteiger partial charge on any atom is 0.00401 e. The van der Waals surface area contributed by atoms with Crippen molar-refractivity contribution in [3.8, 4) is 11.1 Å². The smallest absolute Gasteiger partial charge is 0.00401 e. The standard InChI is InChI=1S/C15H16.C7H8S.C2H6/c1-11-8-9-13(3)15(10-11)14-7-5-4-6-12(14)2;1-6-2-4-7(8)5-3-6;1-2/h4-10H,1-3H3;2-5,8H,1H3;1-2H3. The fourth-order valence-electron chi connectivity index (χ4n) is 2.45. The third kappa shape index (κ3) is 6.80. The zero-order valence-electron chi connectivity index (χ0n) is 16.3. The molecule has 0 aliphatic rings. The molecule has 0 aromatic heterocycles. The monoisotopic (exact) mass is 350 g/mol. The molecule has 0 radical (unpaired) electrons. The minimum Gasteiger partial charge on any atom is -0.143 e. The van der Waals surface area contributed by atoms with Gasteiger partial charge in [-0.25, -0.2) is 0 Å². The molecule has 0 nitrogen and oxygen atoms in total. The summed E-state index contributed by atoms with van der Waals surface area (Å²) in [6.07, 6.45) is 0. The number of benzene rings is 3. The second-order valence-corrected chi connectivity index (χ2v) is 6.49. The number of hydrogen-bond acceptors (Lipinski definition) is 1. The largest absolute Gasteiger partial charge is 0.143 e. The predicted octanol–water partition coefficient (Wildman–Crippen LogP) is 7.59. The summed E-state index contributed by atoms with van der Waals surface area (Å²) in [6.45, 7) is 12.5. The summed E-state index contributed by atoms with van der Waals surface area (Å²) in [5.41, 5.74) is 7.98. The van der Waals surface area contributed by atoms with Crippen molar-refractivity contribution in [2.45, 2.75) is 46.4 Å². The SMILES string of the molecule is CC.Cc1ccc(C)c(-c2ccccc2C)c1.Cc1ccc(S)cc1. The fourth-order valence-corrected chi connectivity index (χ4v) is 2.59. The second kappa shape index (κ2) is 10.8. The Morgan fingerprint density at radius 1 is 0.560 bits per heavy atom. The lowest BCUT2D eigenvalue weighted by Crippen LogP contribution is -1.87. The molecule has 0 fully saturated rings. The van der Waals surface area contributed by atoms with Crippen molar-refractivity contribution >= 4 is 12.6 Å². The number of rotatable bonds is 1. The van der Waals surface area contributed by atoms with E-state index in [1.807, 2.05) is 38.1 Å². The topological polar surface area (TPSA) is 0 Å². The normalized spacial score (nSPS) is 9.40. The Kier molecular flexibility index (Phi) is 9.08. The van der Waals surface area contributed by atoms with Crippen LogP contribution in [0.15, 0.2) is 71.6 Å². The molecule has 0 amide bonds. The summed E-state index contributed by atoms with van der Waals surface area (Å²) in [5.74, 6) is 0. The number of aryl methyl sites for hydroxylation is 4. The van der Waals surface area contributed by atoms with Crippen molar-refractivity contribution in [1.82, 2.24) is 0 Å². The van der Waals surface area contributed by atoms with E-state index in [0.717, 1.165) is 4.90 Å². The minimum absolute atomic E-state index is 1.02. The van der Waals surface area contributed by atoms with Crippen LogP contribution >= 0.6 is 12.6 Å². The van der Waals surface area contributed by atoms with Gasteiger partial charge in [0.15, 0.2) is 0 Å². The van der Waals surface area contributed by atoms with Gasteiger partial charge < -0.3 is 0 Å². The third-order valence-electron chi connectivity index (χ3n) is 3.86. The molecule has 0 heterocycles. The van der Waals surface area contributed by atoms with Crippen LogP contribution in [-0.4, -0.2) is 0 Å². The quantitative estimate of drug-likeness (QED) is 0.429. The van der Waals surface area contributed by atoms with Gasteiger partial charge in [-0.05, 0) is 62.1 Å². The molecule has 0 atom stereocenters. The van der Waals surface area contributed by atoms with Crippen LogP contribution in [0.25, 0.3) is 11.1 Å². The lowest BCUT2D eigenvalue weighted by atomic mass is 9.95. The molecular weight excluding hydrogens is 320 g/mol. The molecule has 1 heteroatoms. The lowest BCUT2D eigenvalue weighted by Gasteiger charge is -2.09. The van der Waals surface area contributed by atoms with E-state index >= 15 is 0 Å². The van der Waals surface area contributed by atoms with Crippen molar-refractivity contribution in [3.05, 3.63) is 89.0 Å². The Morgan fingerprint density at radius 2 is 1.08 bits per heavy atom. The van der Waals surface area contributed by atoms with E-state index < -0.39 is 0 Å². The maximum absolute atomic E-state index is 4.13. The molecule has 3 rings (SSSR count). The Hall–Kier alpha value is -1.99. The van der Waals surface area contributed by atoms with Crippen LogP contribution in [0.1, 0.15) is 36.1 Å². The van der Waals surface area contributed by atoms with E-state index in [1.54, 1.807) is 0 Å². The van der Waals surface area contributed by atoms with E-state index in [-0.39, 0.29) is 0 Å². The summed E-state index contributed by atoms with van der Waals surface area (Å²) < 4.78 is 0. The summed E-state index contributed by atoms with van der Waals surface area (Å²) in [6, 6.07) is 23.2. The van der Waals surface area contributed by atoms with Crippen molar-refractivity contribution < 1.29 is 0 Å². The summed E-state index contributed by atoms with van der Waals surface area (Å²) in [4.78, 5) is 1.02. The molecule has 0 spiro atoms. The zero-order chi connectivity index (χ0) is 18.8. The first-order valence-corrected chi connectivity index (χ1v) is 9.31. The molecule has 0 aliphatic heterocycles. The lowest BCUT2D eigenvalue weighted by molar-refractivity contribution is 1.37. The van der Waals surface area contributed by atoms with Crippen molar-refractivity contribution in [1.29, 1.82) is 0 Å². The molecule has 0 aliphatic carbocycles. The molecule has 0 unspecified atom stereocenters. The van der Waals surface area contributed by atoms with E-state index in [0.29, 0.717) is 0 Å². The van der Waals surface area contributed by atoms with Crippen LogP contribution in [0.5, 0.6) is 0 Å². The molecule has 0 saturated carbocycles. The van der Waals surface area contributed by atoms with Gasteiger partial charge in [-0.3, -0.25) is 0 Å². The Balaban J connectivity index is 0.000000264. The van der Waals surface area contributed by atoms with Gasteiger partial charge in [0.25, 0.3) is 0 Å². The minimum atomic E-state index is 1.02. The zero-order valence-corrected chi connectivity index (χ0v) is 17.2. The molecule has 25 heavy (non-hydrogen) atoms. The average molecular weight is 351 g/mol. The van der Waals surface area contributed by atoms with Crippen LogP contribution < -0.4 is 0 Å². The summed E-state index contributed by atoms with van der Waals surface area (Å²) in [7, 11) is 0. The molecule has 0 bridgehead atoms. The van der Waals surface area contributed by atoms with Crippen LogP contribution in [-0.2, 0) is 0 Å². The van der Waals surface area contributed by atoms with Gasteiger partial charge in [0.2, 0.25) is 0 Å². The van der Waals surface area contributed by atoms with E-state index in [4.69, 9.17) is 0 Å². The van der Waals surface area contributed by atoms with E-state index in [1.165, 1.54) is 33.4 Å². The maximum atomic E-state index is 4.13. The Bertz CT molecular complexity index is 749. The Labute approximate surface area is 159 Å². The molecular formula is C24H30S. The predicted molar refractivity (Wildman–Crippen MR) is 116 cm³/mol. The highest BCUT2D eigenvalue weighted by molar-refractivity contribution is 7.80. The first-order chi connectivity index (χ1) is 12.0. The van der Waals surface area contributed by atoms with Crippen LogP contribution in [0, 0.1) is 27.7 Å². The van der Waals surface area contributed by atoms with Crippen molar-refractivity contribution in [2.75, 3.05) is 0 Å². The highest BCUT2D eigenvalue weighted by Crippen LogP contribution is 2.27. The molecule has 132 valence electrons. The van der Waals surface area contributed by atoms with Crippen LogP contribution in [0.2, 0.25) is 0 Å². The molecule has 0 saturated heterocycles. The fraction of sp³-hybridized carbons (Fsp3) is 0.250. The highest BCUT2D eigenvalue weighted by atomic mass is 32.1. The van der Waals surface area contributed by atoms with E-state index in [9.17, 15) is 0 Å². The van der Waals surface area contributed by atoms with Crippen molar-refractivity contribution in [3.63, 3.8) is 0 Å². The van der Waals surface area contributed by atoms with Gasteiger partial charge in [-0.2, -0.15) is 0 Å². The van der Waals surface area contributed by atoms with Crippen LogP contribution in [0.4, 0.5) is 0 Å². The van der Waals surface area contributed by atoms with Gasteiger partial charge in [-0.1, -0.05) is 79.6 Å². The van der Waals surface area contributed by atoms with Crippen LogP contribution in [0.3, 0.4) is 0 Å². The third-order valence-corrected chi connectivity index (χ3v) is 4.16. The van der Waals surface area contributed by atoms with Crippen molar-refractivity contribution in [2.24, 2.45) is 0 Å². The highest BCUT2D eigenvalue weighted by Gasteiger charge is 2.03.